The minimum absolute atomic E-state index is 0.689. The predicted octanol–water partition coefficient (Wildman–Crippen LogP) is 4.98. The van der Waals surface area contributed by atoms with E-state index in [9.17, 15) is 0 Å². The highest BCUT2D eigenvalue weighted by molar-refractivity contribution is 7.10. The molecule has 0 spiro atoms. The van der Waals surface area contributed by atoms with E-state index in [2.05, 4.69) is 71.3 Å². The second-order valence-corrected chi connectivity index (χ2v) is 7.80. The molecular weight excluding hydrogens is 362 g/mol. The van der Waals surface area contributed by atoms with Crippen molar-refractivity contribution in [2.75, 3.05) is 13.1 Å². The molecule has 1 aliphatic heterocycles. The second-order valence-electron chi connectivity index (χ2n) is 6.80. The lowest BCUT2D eigenvalue weighted by molar-refractivity contribution is 0.517. The van der Waals surface area contributed by atoms with E-state index in [0.29, 0.717) is 5.84 Å². The summed E-state index contributed by atoms with van der Waals surface area (Å²) in [4.78, 5) is 3.50. The van der Waals surface area contributed by atoms with E-state index in [4.69, 9.17) is 5.41 Å². The summed E-state index contributed by atoms with van der Waals surface area (Å²) >= 11 is 1.76. The van der Waals surface area contributed by atoms with Crippen LogP contribution in [0.25, 0.3) is 12.2 Å². The molecule has 28 heavy (non-hydrogen) atoms. The molecule has 0 atom stereocenters. The zero-order valence-corrected chi connectivity index (χ0v) is 18.7. The second kappa shape index (κ2) is 11.7. The number of amidine groups is 1. The van der Waals surface area contributed by atoms with Crippen LogP contribution in [0.1, 0.15) is 63.8 Å². The maximum absolute atomic E-state index is 8.43. The molecule has 1 fully saturated rings. The summed E-state index contributed by atoms with van der Waals surface area (Å²) in [5.74, 6) is 0.689. The fraction of sp³-hybridized carbons (Fsp3) is 0.458. The largest absolute Gasteiger partial charge is 0.357 e. The number of rotatable bonds is 6. The van der Waals surface area contributed by atoms with Crippen LogP contribution in [0.5, 0.6) is 0 Å². The van der Waals surface area contributed by atoms with Crippen molar-refractivity contribution in [3.05, 3.63) is 56.9 Å². The van der Waals surface area contributed by atoms with Crippen molar-refractivity contribution in [2.24, 2.45) is 0 Å². The Balaban J connectivity index is 0.00000136. The van der Waals surface area contributed by atoms with Crippen molar-refractivity contribution in [3.63, 3.8) is 0 Å². The minimum atomic E-state index is 0.689. The highest BCUT2D eigenvalue weighted by Crippen LogP contribution is 2.19. The van der Waals surface area contributed by atoms with Gasteiger partial charge in [-0.3, -0.25) is 5.41 Å². The van der Waals surface area contributed by atoms with Crippen LogP contribution in [0.2, 0.25) is 0 Å². The molecule has 0 amide bonds. The minimum Gasteiger partial charge on any atom is -0.357 e. The molecule has 3 nitrogen and oxygen atoms in total. The topological polar surface area (TPSA) is 32.0 Å². The third-order valence-electron chi connectivity index (χ3n) is 4.87. The number of hydrogen-bond donors (Lipinski definition) is 1. The van der Waals surface area contributed by atoms with E-state index in [1.54, 1.807) is 11.3 Å². The van der Waals surface area contributed by atoms with Crippen molar-refractivity contribution in [3.8, 4) is 0 Å². The summed E-state index contributed by atoms with van der Waals surface area (Å²) in [6.07, 6.45) is 15.7. The quantitative estimate of drug-likeness (QED) is 0.541. The summed E-state index contributed by atoms with van der Waals surface area (Å²) in [5.41, 5.74) is 1.06. The molecule has 2 aromatic rings. The number of likely N-dealkylation sites (tertiary alicyclic amines) is 1. The van der Waals surface area contributed by atoms with Crippen molar-refractivity contribution in [1.82, 2.24) is 9.47 Å². The normalized spacial score (nSPS) is 15.4. The molecule has 0 radical (unpaired) electrons. The van der Waals surface area contributed by atoms with E-state index in [1.807, 2.05) is 13.8 Å². The molecule has 4 heteroatoms. The smallest absolute Gasteiger partial charge is 0.128 e. The average molecular weight is 398 g/mol. The van der Waals surface area contributed by atoms with Gasteiger partial charge in [-0.25, -0.2) is 0 Å². The SMILES string of the molecule is C/C=c1/ccn(Cc2cc(C(=N)N3CCCC3)cs2)/c1=C/C=C\CCC.CC. The molecule has 0 aromatic carbocycles. The highest BCUT2D eigenvalue weighted by atomic mass is 32.1. The Morgan fingerprint density at radius 3 is 2.68 bits per heavy atom. The zero-order valence-electron chi connectivity index (χ0n) is 17.9. The number of nitrogens with zero attached hydrogens (tertiary/aromatic N) is 2. The van der Waals surface area contributed by atoms with Gasteiger partial charge >= 0.3 is 0 Å². The van der Waals surface area contributed by atoms with Crippen LogP contribution in [0.3, 0.4) is 0 Å². The first-order valence-corrected chi connectivity index (χ1v) is 11.5. The van der Waals surface area contributed by atoms with Gasteiger partial charge < -0.3 is 9.47 Å². The maximum Gasteiger partial charge on any atom is 0.128 e. The van der Waals surface area contributed by atoms with Crippen LogP contribution in [-0.2, 0) is 6.54 Å². The number of allylic oxidation sites excluding steroid dienone is 2. The van der Waals surface area contributed by atoms with Crippen LogP contribution in [0.4, 0.5) is 0 Å². The highest BCUT2D eigenvalue weighted by Gasteiger charge is 2.17. The van der Waals surface area contributed by atoms with E-state index < -0.39 is 0 Å². The average Bonchev–Trinajstić information content (AvgIpc) is 3.48. The van der Waals surface area contributed by atoms with Crippen molar-refractivity contribution in [2.45, 2.75) is 59.9 Å². The van der Waals surface area contributed by atoms with Gasteiger partial charge in [-0.05, 0) is 49.6 Å². The Bertz CT molecular complexity index is 879. The number of unbranched alkanes of at least 4 members (excludes halogenated alkanes) is 1. The van der Waals surface area contributed by atoms with Gasteiger partial charge in [0.2, 0.25) is 0 Å². The molecule has 3 heterocycles. The number of thiophene rings is 1. The summed E-state index contributed by atoms with van der Waals surface area (Å²) < 4.78 is 2.31. The van der Waals surface area contributed by atoms with Crippen LogP contribution in [0, 0.1) is 5.41 Å². The van der Waals surface area contributed by atoms with Gasteiger partial charge in [-0.2, -0.15) is 0 Å². The molecular formula is C24H35N3S. The van der Waals surface area contributed by atoms with Crippen LogP contribution >= 0.6 is 11.3 Å². The summed E-state index contributed by atoms with van der Waals surface area (Å²) in [7, 11) is 0. The Hall–Kier alpha value is -2.07. The van der Waals surface area contributed by atoms with E-state index in [0.717, 1.165) is 31.6 Å². The molecule has 0 unspecified atom stereocenters. The molecule has 1 aliphatic rings. The molecule has 0 aliphatic carbocycles. The van der Waals surface area contributed by atoms with Crippen LogP contribution in [-0.4, -0.2) is 28.4 Å². The van der Waals surface area contributed by atoms with Gasteiger partial charge in [0.1, 0.15) is 5.84 Å². The van der Waals surface area contributed by atoms with E-state index in [1.165, 1.54) is 34.7 Å². The number of nitrogens with one attached hydrogen (secondary N) is 1. The molecule has 1 N–H and O–H groups in total. The summed E-state index contributed by atoms with van der Waals surface area (Å²) in [6, 6.07) is 4.37. The molecule has 0 saturated carbocycles. The predicted molar refractivity (Wildman–Crippen MR) is 125 cm³/mol. The Kier molecular flexibility index (Phi) is 9.29. The number of aromatic nitrogens is 1. The van der Waals surface area contributed by atoms with Gasteiger partial charge in [-0.15, -0.1) is 11.3 Å². The van der Waals surface area contributed by atoms with Gasteiger partial charge in [0.05, 0.1) is 6.54 Å². The van der Waals surface area contributed by atoms with Gasteiger partial charge in [0, 0.05) is 40.5 Å². The fourth-order valence-electron chi connectivity index (χ4n) is 3.38. The van der Waals surface area contributed by atoms with E-state index >= 15 is 0 Å². The standard InChI is InChI=1S/C22H29N3S.C2H6/c1-3-5-6-7-10-21-18(4-2)11-14-25(21)16-20-15-19(17-26-20)22(23)24-12-8-9-13-24;1-2/h4,6-7,10-11,14-15,17,23H,3,5,8-9,12-13,16H2,1-2H3;1-2H3/b7-6-,18-4-,21-10+,23-22?;. The van der Waals surface area contributed by atoms with Crippen molar-refractivity contribution >= 4 is 29.3 Å². The molecule has 0 bridgehead atoms. The summed E-state index contributed by atoms with van der Waals surface area (Å²) in [5, 5.41) is 13.1. The monoisotopic (exact) mass is 397 g/mol. The van der Waals surface area contributed by atoms with Gasteiger partial charge in [0.15, 0.2) is 0 Å². The fourth-order valence-corrected chi connectivity index (χ4v) is 4.24. The molecule has 3 rings (SSSR count). The summed E-state index contributed by atoms with van der Waals surface area (Å²) in [6.45, 7) is 11.2. The number of hydrogen-bond acceptors (Lipinski definition) is 2. The lowest BCUT2D eigenvalue weighted by Crippen LogP contribution is -2.28. The van der Waals surface area contributed by atoms with Gasteiger partial charge in [-0.1, -0.05) is 45.4 Å². The Morgan fingerprint density at radius 1 is 1.25 bits per heavy atom. The first-order chi connectivity index (χ1) is 13.7. The molecule has 1 saturated heterocycles. The third-order valence-corrected chi connectivity index (χ3v) is 5.79. The molecule has 152 valence electrons. The van der Waals surface area contributed by atoms with Crippen LogP contribution in [0.15, 0.2) is 35.9 Å². The molecule has 2 aromatic heterocycles. The van der Waals surface area contributed by atoms with Crippen LogP contribution < -0.4 is 10.6 Å². The first kappa shape index (κ1) is 22.2. The van der Waals surface area contributed by atoms with Crippen molar-refractivity contribution < 1.29 is 0 Å². The maximum atomic E-state index is 8.43. The van der Waals surface area contributed by atoms with Gasteiger partial charge in [0.25, 0.3) is 0 Å². The van der Waals surface area contributed by atoms with Crippen molar-refractivity contribution in [1.29, 1.82) is 5.41 Å². The third kappa shape index (κ3) is 5.71. The lowest BCUT2D eigenvalue weighted by Gasteiger charge is -2.17. The lowest BCUT2D eigenvalue weighted by atomic mass is 10.2. The first-order valence-electron chi connectivity index (χ1n) is 10.6. The Labute approximate surface area is 174 Å². The Morgan fingerprint density at radius 2 is 2.00 bits per heavy atom. The zero-order chi connectivity index (χ0) is 20.4. The van der Waals surface area contributed by atoms with E-state index in [-0.39, 0.29) is 0 Å².